The Morgan fingerprint density at radius 3 is 1.93 bits per heavy atom. The third-order valence-corrected chi connectivity index (χ3v) is 4.31. The van der Waals surface area contributed by atoms with Gasteiger partial charge in [0.2, 0.25) is 0 Å². The molecule has 0 N–H and O–H groups in total. The molecule has 0 spiro atoms. The number of fused-ring (bicyclic) bond motifs is 3. The zero-order valence-corrected chi connectivity index (χ0v) is 8.37. The fraction of sp³-hybridized carbons (Fsp3) is 0. The molecule has 66 valence electrons. The second-order valence-corrected chi connectivity index (χ2v) is 5.01. The number of hydrogen-bond donors (Lipinski definition) is 0. The zero-order chi connectivity index (χ0) is 9.54. The van der Waals surface area contributed by atoms with E-state index in [0.717, 1.165) is 21.7 Å². The fourth-order valence-electron chi connectivity index (χ4n) is 1.85. The Balaban J connectivity index is 2.42. The van der Waals surface area contributed by atoms with E-state index in [-0.39, 0.29) is 0 Å². The van der Waals surface area contributed by atoms with Gasteiger partial charge >= 0.3 is 0 Å². The Hall–Kier alpha value is -1.33. The lowest BCUT2D eigenvalue weighted by Gasteiger charge is -1.96. The summed E-state index contributed by atoms with van der Waals surface area (Å²) in [6, 6.07) is 17.3. The fourth-order valence-corrected chi connectivity index (χ4v) is 3.50. The van der Waals surface area contributed by atoms with Crippen LogP contribution in [0.4, 0.5) is 0 Å². The van der Waals surface area contributed by atoms with Crippen molar-refractivity contribution in [2.45, 2.75) is 0 Å². The van der Waals surface area contributed by atoms with Crippen LogP contribution in [0.25, 0.3) is 11.1 Å². The highest BCUT2D eigenvalue weighted by atomic mass is 31.1. The van der Waals surface area contributed by atoms with Crippen LogP contribution >= 0.6 is 7.80 Å². The molecule has 1 aliphatic rings. The standard InChI is InChI=1S/C12H7OP/c13-14-11-7-3-1-5-9(11)10-6-2-4-8-12(10)14/h1-2,5-8,14H. The Morgan fingerprint density at radius 2 is 1.43 bits per heavy atom. The monoisotopic (exact) mass is 198 g/mol. The summed E-state index contributed by atoms with van der Waals surface area (Å²) in [6.45, 7) is 0. The van der Waals surface area contributed by atoms with Gasteiger partial charge in [-0.15, -0.1) is 0 Å². The number of benzene rings is 2. The first kappa shape index (κ1) is 8.02. The van der Waals surface area contributed by atoms with Crippen molar-refractivity contribution in [3.63, 3.8) is 0 Å². The average Bonchev–Trinajstić information content (AvgIpc) is 2.55. The summed E-state index contributed by atoms with van der Waals surface area (Å²) in [4.78, 5) is 0. The molecule has 2 aromatic carbocycles. The van der Waals surface area contributed by atoms with Gasteiger partial charge in [-0.05, 0) is 35.4 Å². The van der Waals surface area contributed by atoms with Crippen LogP contribution in [-0.2, 0) is 4.57 Å². The molecule has 2 radical (unpaired) electrons. The Bertz CT molecular complexity index is 484. The van der Waals surface area contributed by atoms with Crippen LogP contribution in [0.1, 0.15) is 0 Å². The van der Waals surface area contributed by atoms with Gasteiger partial charge in [0.1, 0.15) is 7.80 Å². The normalized spacial score (nSPS) is 13.7. The maximum absolute atomic E-state index is 12.0. The lowest BCUT2D eigenvalue weighted by atomic mass is 10.1. The van der Waals surface area contributed by atoms with Crippen molar-refractivity contribution in [3.8, 4) is 11.1 Å². The van der Waals surface area contributed by atoms with E-state index in [0.29, 0.717) is 0 Å². The van der Waals surface area contributed by atoms with Crippen LogP contribution in [0.2, 0.25) is 0 Å². The maximum atomic E-state index is 12.0. The minimum absolute atomic E-state index is 0.937. The van der Waals surface area contributed by atoms with E-state index in [2.05, 4.69) is 12.1 Å². The van der Waals surface area contributed by atoms with Crippen LogP contribution in [0.5, 0.6) is 0 Å². The third kappa shape index (κ3) is 0.935. The second-order valence-electron chi connectivity index (χ2n) is 3.27. The molecule has 14 heavy (non-hydrogen) atoms. The first-order valence-corrected chi connectivity index (χ1v) is 5.84. The van der Waals surface area contributed by atoms with Crippen molar-refractivity contribution >= 4 is 18.4 Å². The molecule has 1 aliphatic heterocycles. The van der Waals surface area contributed by atoms with Crippen LogP contribution in [0.3, 0.4) is 0 Å². The summed E-state index contributed by atoms with van der Waals surface area (Å²) in [5.74, 6) is 0. The SMILES string of the molecule is O=[PH]1c2c[c]ccc2-c2cc[c]cc21. The summed E-state index contributed by atoms with van der Waals surface area (Å²) in [5.41, 5.74) is 2.19. The lowest BCUT2D eigenvalue weighted by molar-refractivity contribution is 0.598. The van der Waals surface area contributed by atoms with Crippen molar-refractivity contribution in [2.24, 2.45) is 0 Å². The molecule has 1 nitrogen and oxygen atoms in total. The van der Waals surface area contributed by atoms with E-state index in [4.69, 9.17) is 0 Å². The molecule has 0 unspecified atom stereocenters. The largest absolute Gasteiger partial charge is 0.317 e. The van der Waals surface area contributed by atoms with E-state index in [1.54, 1.807) is 0 Å². The second kappa shape index (κ2) is 2.83. The molecule has 0 fully saturated rings. The zero-order valence-electron chi connectivity index (χ0n) is 7.37. The highest BCUT2D eigenvalue weighted by molar-refractivity contribution is 7.63. The summed E-state index contributed by atoms with van der Waals surface area (Å²) in [5, 5.41) is 1.87. The molecule has 0 atom stereocenters. The molecule has 0 saturated carbocycles. The van der Waals surface area contributed by atoms with Crippen molar-refractivity contribution in [1.82, 2.24) is 0 Å². The molecule has 0 aliphatic carbocycles. The predicted molar refractivity (Wildman–Crippen MR) is 57.8 cm³/mol. The van der Waals surface area contributed by atoms with Crippen molar-refractivity contribution in [2.75, 3.05) is 0 Å². The molecule has 0 saturated heterocycles. The first-order chi connectivity index (χ1) is 6.88. The molecule has 0 bridgehead atoms. The Labute approximate surface area is 83.2 Å². The van der Waals surface area contributed by atoms with Gasteiger partial charge in [-0.25, -0.2) is 0 Å². The molecule has 2 heteroatoms. The highest BCUT2D eigenvalue weighted by Crippen LogP contribution is 2.36. The van der Waals surface area contributed by atoms with E-state index in [1.807, 2.05) is 36.4 Å². The van der Waals surface area contributed by atoms with Crippen molar-refractivity contribution in [3.05, 3.63) is 48.5 Å². The number of rotatable bonds is 0. The maximum Gasteiger partial charge on any atom is 0.133 e. The summed E-state index contributed by atoms with van der Waals surface area (Å²) < 4.78 is 12.0. The van der Waals surface area contributed by atoms with Gasteiger partial charge in [0.15, 0.2) is 0 Å². The summed E-state index contributed by atoms with van der Waals surface area (Å²) >= 11 is 0. The predicted octanol–water partition coefficient (Wildman–Crippen LogP) is 1.78. The first-order valence-electron chi connectivity index (χ1n) is 4.43. The van der Waals surface area contributed by atoms with Gasteiger partial charge in [-0.3, -0.25) is 0 Å². The molecule has 0 amide bonds. The van der Waals surface area contributed by atoms with Crippen molar-refractivity contribution in [1.29, 1.82) is 0 Å². The van der Waals surface area contributed by atoms with Crippen LogP contribution in [-0.4, -0.2) is 0 Å². The molecule has 1 heterocycles. The molecular weight excluding hydrogens is 191 g/mol. The van der Waals surface area contributed by atoms with Gasteiger partial charge in [0.25, 0.3) is 0 Å². The molecule has 3 rings (SSSR count). The molecular formula is C12H7OP. The Morgan fingerprint density at radius 1 is 0.929 bits per heavy atom. The van der Waals surface area contributed by atoms with Gasteiger partial charge in [-0.1, -0.05) is 24.3 Å². The van der Waals surface area contributed by atoms with Crippen molar-refractivity contribution < 1.29 is 4.57 Å². The smallest absolute Gasteiger partial charge is 0.133 e. The van der Waals surface area contributed by atoms with Crippen LogP contribution < -0.4 is 10.6 Å². The molecule has 0 aromatic heterocycles. The van der Waals surface area contributed by atoms with Gasteiger partial charge in [-0.2, -0.15) is 0 Å². The van der Waals surface area contributed by atoms with Crippen LogP contribution in [0, 0.1) is 12.1 Å². The third-order valence-electron chi connectivity index (χ3n) is 2.51. The van der Waals surface area contributed by atoms with E-state index in [1.165, 1.54) is 0 Å². The number of hydrogen-bond acceptors (Lipinski definition) is 1. The van der Waals surface area contributed by atoms with E-state index in [9.17, 15) is 4.57 Å². The lowest BCUT2D eigenvalue weighted by Crippen LogP contribution is -1.96. The molecule has 2 aromatic rings. The van der Waals surface area contributed by atoms with Gasteiger partial charge in [0, 0.05) is 10.6 Å². The minimum Gasteiger partial charge on any atom is -0.317 e. The average molecular weight is 198 g/mol. The van der Waals surface area contributed by atoms with Gasteiger partial charge < -0.3 is 4.57 Å². The highest BCUT2D eigenvalue weighted by Gasteiger charge is 2.23. The van der Waals surface area contributed by atoms with Gasteiger partial charge in [0.05, 0.1) is 0 Å². The minimum atomic E-state index is -1.78. The van der Waals surface area contributed by atoms with E-state index >= 15 is 0 Å². The summed E-state index contributed by atoms with van der Waals surface area (Å²) in [6.07, 6.45) is 0. The topological polar surface area (TPSA) is 17.1 Å². The van der Waals surface area contributed by atoms with Crippen LogP contribution in [0.15, 0.2) is 36.4 Å². The summed E-state index contributed by atoms with van der Waals surface area (Å²) in [7, 11) is -1.78. The van der Waals surface area contributed by atoms with E-state index < -0.39 is 7.80 Å². The quantitative estimate of drug-likeness (QED) is 0.503. The Kier molecular flexibility index (Phi) is 1.62.